The van der Waals surface area contributed by atoms with Crippen molar-refractivity contribution >= 4 is 27.5 Å². The zero-order valence-electron chi connectivity index (χ0n) is 8.62. The molecule has 1 aromatic rings. The van der Waals surface area contributed by atoms with E-state index in [4.69, 9.17) is 16.3 Å². The molecule has 1 saturated heterocycles. The van der Waals surface area contributed by atoms with Gasteiger partial charge in [-0.1, -0.05) is 28.1 Å². The van der Waals surface area contributed by atoms with Crippen molar-refractivity contribution in [1.29, 1.82) is 0 Å². The highest BCUT2D eigenvalue weighted by molar-refractivity contribution is 9.10. The highest BCUT2D eigenvalue weighted by atomic mass is 79.9. The van der Waals surface area contributed by atoms with Crippen LogP contribution in [0, 0.1) is 5.92 Å². The fourth-order valence-corrected chi connectivity index (χ4v) is 2.56. The maximum Gasteiger partial charge on any atom is 0.0636 e. The predicted molar refractivity (Wildman–Crippen MR) is 66.3 cm³/mol. The molecule has 0 bridgehead atoms. The Hall–Kier alpha value is -0.0500. The topological polar surface area (TPSA) is 9.23 Å². The Morgan fingerprint density at radius 3 is 2.60 bits per heavy atom. The second-order valence-electron chi connectivity index (χ2n) is 4.09. The van der Waals surface area contributed by atoms with E-state index in [0.717, 1.165) is 17.5 Å². The Bertz CT molecular complexity index is 325. The monoisotopic (exact) mass is 288 g/mol. The molecule has 1 fully saturated rings. The molecule has 1 heterocycles. The number of ether oxygens (including phenoxy) is 1. The first-order chi connectivity index (χ1) is 7.16. The van der Waals surface area contributed by atoms with E-state index in [0.29, 0.717) is 12.0 Å². The van der Waals surface area contributed by atoms with Gasteiger partial charge in [0.1, 0.15) is 0 Å². The van der Waals surface area contributed by atoms with Crippen LogP contribution in [0.3, 0.4) is 0 Å². The molecule has 1 aliphatic rings. The third kappa shape index (κ3) is 2.74. The van der Waals surface area contributed by atoms with Crippen molar-refractivity contribution < 1.29 is 4.74 Å². The molecule has 1 aromatic carbocycles. The van der Waals surface area contributed by atoms with Gasteiger partial charge in [0.2, 0.25) is 0 Å². The zero-order chi connectivity index (χ0) is 10.8. The molecule has 0 N–H and O–H groups in total. The van der Waals surface area contributed by atoms with Crippen molar-refractivity contribution in [2.24, 2.45) is 5.92 Å². The van der Waals surface area contributed by atoms with Crippen LogP contribution in [0.15, 0.2) is 28.7 Å². The van der Waals surface area contributed by atoms with E-state index < -0.39 is 0 Å². The second-order valence-corrected chi connectivity index (χ2v) is 5.48. The normalized spacial score (nSPS) is 27.9. The fraction of sp³-hybridized carbons (Fsp3) is 0.500. The highest BCUT2D eigenvalue weighted by Gasteiger charge is 2.29. The molecule has 82 valence electrons. The summed E-state index contributed by atoms with van der Waals surface area (Å²) in [7, 11) is 0. The van der Waals surface area contributed by atoms with Gasteiger partial charge in [0, 0.05) is 10.4 Å². The zero-order valence-corrected chi connectivity index (χ0v) is 11.0. The van der Waals surface area contributed by atoms with Crippen LogP contribution in [-0.4, -0.2) is 12.7 Å². The quantitative estimate of drug-likeness (QED) is 0.743. The molecule has 3 atom stereocenters. The van der Waals surface area contributed by atoms with Crippen LogP contribution in [0.5, 0.6) is 0 Å². The van der Waals surface area contributed by atoms with Gasteiger partial charge in [-0.05, 0) is 31.0 Å². The number of benzene rings is 1. The minimum Gasteiger partial charge on any atom is -0.378 e. The minimum atomic E-state index is 0.0723. The van der Waals surface area contributed by atoms with Crippen molar-refractivity contribution in [1.82, 2.24) is 0 Å². The lowest BCUT2D eigenvalue weighted by molar-refractivity contribution is 0.120. The summed E-state index contributed by atoms with van der Waals surface area (Å²) >= 11 is 9.85. The second kappa shape index (κ2) is 4.86. The molecular weight excluding hydrogens is 275 g/mol. The van der Waals surface area contributed by atoms with Gasteiger partial charge in [-0.3, -0.25) is 0 Å². The summed E-state index contributed by atoms with van der Waals surface area (Å²) < 4.78 is 6.63. The molecule has 0 saturated carbocycles. The molecule has 0 radical (unpaired) electrons. The Morgan fingerprint density at radius 1 is 1.40 bits per heavy atom. The van der Waals surface area contributed by atoms with E-state index in [9.17, 15) is 0 Å². The Balaban J connectivity index is 2.07. The summed E-state index contributed by atoms with van der Waals surface area (Å²) in [5, 5.41) is 0.0723. The van der Waals surface area contributed by atoms with E-state index in [1.807, 2.05) is 12.1 Å². The number of rotatable bonds is 2. The van der Waals surface area contributed by atoms with Crippen LogP contribution in [-0.2, 0) is 4.74 Å². The van der Waals surface area contributed by atoms with Crippen LogP contribution < -0.4 is 0 Å². The van der Waals surface area contributed by atoms with E-state index in [1.54, 1.807) is 0 Å². The Kier molecular flexibility index (Phi) is 3.70. The molecule has 0 aliphatic carbocycles. The lowest BCUT2D eigenvalue weighted by Crippen LogP contribution is -2.07. The number of halogens is 2. The molecule has 2 rings (SSSR count). The maximum absolute atomic E-state index is 6.43. The first kappa shape index (κ1) is 11.4. The van der Waals surface area contributed by atoms with Crippen LogP contribution in [0.4, 0.5) is 0 Å². The van der Waals surface area contributed by atoms with Crippen molar-refractivity contribution in [3.63, 3.8) is 0 Å². The molecule has 0 spiro atoms. The van der Waals surface area contributed by atoms with E-state index in [2.05, 4.69) is 35.0 Å². The molecule has 3 heteroatoms. The van der Waals surface area contributed by atoms with Crippen LogP contribution in [0.25, 0.3) is 0 Å². The van der Waals surface area contributed by atoms with Crippen molar-refractivity contribution in [2.75, 3.05) is 6.61 Å². The first-order valence-corrected chi connectivity index (χ1v) is 6.41. The number of alkyl halides is 1. The summed E-state index contributed by atoms with van der Waals surface area (Å²) in [4.78, 5) is 0. The van der Waals surface area contributed by atoms with Gasteiger partial charge in [-0.2, -0.15) is 0 Å². The third-order valence-electron chi connectivity index (χ3n) is 2.83. The van der Waals surface area contributed by atoms with E-state index >= 15 is 0 Å². The van der Waals surface area contributed by atoms with Gasteiger partial charge < -0.3 is 4.74 Å². The number of hydrogen-bond donors (Lipinski definition) is 0. The van der Waals surface area contributed by atoms with Gasteiger partial charge >= 0.3 is 0 Å². The summed E-state index contributed by atoms with van der Waals surface area (Å²) in [5.41, 5.74) is 1.18. The van der Waals surface area contributed by atoms with Crippen LogP contribution >= 0.6 is 27.5 Å². The van der Waals surface area contributed by atoms with Crippen molar-refractivity contribution in [3.8, 4) is 0 Å². The van der Waals surface area contributed by atoms with E-state index in [1.165, 1.54) is 5.56 Å². The van der Waals surface area contributed by atoms with Crippen molar-refractivity contribution in [3.05, 3.63) is 34.3 Å². The van der Waals surface area contributed by atoms with Gasteiger partial charge in [0.15, 0.2) is 0 Å². The summed E-state index contributed by atoms with van der Waals surface area (Å²) in [6.07, 6.45) is 1.41. The molecule has 15 heavy (non-hydrogen) atoms. The van der Waals surface area contributed by atoms with Crippen LogP contribution in [0.1, 0.15) is 24.3 Å². The SMILES string of the molecule is CC1CC(C(Cl)c2ccc(Br)cc2)CO1. The molecule has 3 unspecified atom stereocenters. The standard InChI is InChI=1S/C12H14BrClO/c1-8-6-10(7-15-8)12(14)9-2-4-11(13)5-3-9/h2-5,8,10,12H,6-7H2,1H3. The van der Waals surface area contributed by atoms with Gasteiger partial charge in [0.25, 0.3) is 0 Å². The first-order valence-electron chi connectivity index (χ1n) is 5.18. The molecule has 0 amide bonds. The fourth-order valence-electron chi connectivity index (χ4n) is 1.97. The molecular formula is C12H14BrClO. The minimum absolute atomic E-state index is 0.0723. The van der Waals surface area contributed by atoms with Gasteiger partial charge in [-0.15, -0.1) is 11.6 Å². The predicted octanol–water partition coefficient (Wildman–Crippen LogP) is 4.15. The average Bonchev–Trinajstić information content (AvgIpc) is 2.65. The lowest BCUT2D eigenvalue weighted by atomic mass is 9.96. The molecule has 1 nitrogen and oxygen atoms in total. The number of hydrogen-bond acceptors (Lipinski definition) is 1. The average molecular weight is 290 g/mol. The summed E-state index contributed by atoms with van der Waals surface area (Å²) in [6, 6.07) is 8.21. The van der Waals surface area contributed by atoms with Crippen molar-refractivity contribution in [2.45, 2.75) is 24.8 Å². The lowest BCUT2D eigenvalue weighted by Gasteiger charge is -2.15. The Morgan fingerprint density at radius 2 is 2.07 bits per heavy atom. The highest BCUT2D eigenvalue weighted by Crippen LogP contribution is 2.36. The Labute approximate surface area is 104 Å². The van der Waals surface area contributed by atoms with E-state index in [-0.39, 0.29) is 5.38 Å². The molecule has 0 aromatic heterocycles. The van der Waals surface area contributed by atoms with Gasteiger partial charge in [-0.25, -0.2) is 0 Å². The smallest absolute Gasteiger partial charge is 0.0636 e. The largest absolute Gasteiger partial charge is 0.378 e. The molecule has 1 aliphatic heterocycles. The summed E-state index contributed by atoms with van der Waals surface area (Å²) in [5.74, 6) is 0.447. The summed E-state index contributed by atoms with van der Waals surface area (Å²) in [6.45, 7) is 2.89. The maximum atomic E-state index is 6.43. The van der Waals surface area contributed by atoms with Gasteiger partial charge in [0.05, 0.1) is 18.1 Å². The third-order valence-corrected chi connectivity index (χ3v) is 3.97. The van der Waals surface area contributed by atoms with Crippen LogP contribution in [0.2, 0.25) is 0 Å².